The second-order valence-corrected chi connectivity index (χ2v) is 6.30. The van der Waals surface area contributed by atoms with E-state index < -0.39 is 10.1 Å². The van der Waals surface area contributed by atoms with Crippen molar-refractivity contribution in [3.63, 3.8) is 0 Å². The average Bonchev–Trinajstić information content (AvgIpc) is 2.38. The Labute approximate surface area is 118 Å². The molecule has 0 unspecified atom stereocenters. The van der Waals surface area contributed by atoms with Crippen LogP contribution in [0.5, 0.6) is 0 Å². The molecule has 0 aromatic carbocycles. The van der Waals surface area contributed by atoms with Gasteiger partial charge in [0.05, 0.1) is 5.75 Å². The van der Waals surface area contributed by atoms with Crippen molar-refractivity contribution in [3.05, 3.63) is 0 Å². The molecule has 0 atom stereocenters. The van der Waals surface area contributed by atoms with Crippen LogP contribution in [0.2, 0.25) is 0 Å². The molecule has 0 aromatic rings. The Bertz CT molecular complexity index is 259. The summed E-state index contributed by atoms with van der Waals surface area (Å²) in [5.41, 5.74) is 0. The molecule has 6 heteroatoms. The quantitative estimate of drug-likeness (QED) is 0.592. The number of hydrogen-bond donors (Lipinski definition) is 1. The molecule has 1 N–H and O–H groups in total. The van der Waals surface area contributed by atoms with E-state index in [4.69, 9.17) is 0 Å². The Balaban J connectivity index is 0. The standard InChI is InChI=1S/C11H23FO3S.C2H7N/c1-2-3-4-5-6-7-8-9-10-11-16(13,14)15-12;1-3-2/h2-11H2,1H3;3H,1-2H3. The third kappa shape index (κ3) is 20.3. The molecule has 19 heavy (non-hydrogen) atoms. The van der Waals surface area contributed by atoms with Crippen LogP contribution in [0.25, 0.3) is 0 Å². The number of nitrogens with one attached hydrogen (secondary N) is 1. The van der Waals surface area contributed by atoms with Crippen LogP contribution in [0.15, 0.2) is 0 Å². The second kappa shape index (κ2) is 15.9. The van der Waals surface area contributed by atoms with Crippen molar-refractivity contribution in [3.8, 4) is 0 Å². The van der Waals surface area contributed by atoms with Gasteiger partial charge in [0.25, 0.3) is 10.1 Å². The Kier molecular flexibility index (Phi) is 17.6. The molecule has 0 aliphatic heterocycles. The van der Waals surface area contributed by atoms with Gasteiger partial charge in [-0.05, 0) is 25.0 Å². The minimum absolute atomic E-state index is 0.209. The predicted octanol–water partition coefficient (Wildman–Crippen LogP) is 3.58. The lowest BCUT2D eigenvalue weighted by Gasteiger charge is -2.01. The predicted molar refractivity (Wildman–Crippen MR) is 78.2 cm³/mol. The molecule has 118 valence electrons. The maximum absolute atomic E-state index is 11.4. The summed E-state index contributed by atoms with van der Waals surface area (Å²) in [5, 5.41) is 2.75. The smallest absolute Gasteiger partial charge is 0.297 e. The van der Waals surface area contributed by atoms with Gasteiger partial charge in [-0.15, -0.1) is 0 Å². The Morgan fingerprint density at radius 3 is 1.63 bits per heavy atom. The maximum atomic E-state index is 11.4. The van der Waals surface area contributed by atoms with Gasteiger partial charge in [0.1, 0.15) is 0 Å². The maximum Gasteiger partial charge on any atom is 0.297 e. The highest BCUT2D eigenvalue weighted by Crippen LogP contribution is 2.10. The Morgan fingerprint density at radius 2 is 1.26 bits per heavy atom. The molecule has 0 amide bonds. The van der Waals surface area contributed by atoms with Crippen LogP contribution in [0.4, 0.5) is 4.53 Å². The lowest BCUT2D eigenvalue weighted by atomic mass is 10.1. The minimum Gasteiger partial charge on any atom is -0.323 e. The van der Waals surface area contributed by atoms with Crippen molar-refractivity contribution in [1.82, 2.24) is 5.32 Å². The van der Waals surface area contributed by atoms with Crippen molar-refractivity contribution < 1.29 is 17.3 Å². The summed E-state index contributed by atoms with van der Waals surface area (Å²) in [6.07, 6.45) is 9.80. The lowest BCUT2D eigenvalue weighted by molar-refractivity contribution is 0.00288. The van der Waals surface area contributed by atoms with Crippen molar-refractivity contribution >= 4 is 10.1 Å². The zero-order valence-electron chi connectivity index (χ0n) is 12.6. The highest BCUT2D eigenvalue weighted by atomic mass is 32.2. The number of unbranched alkanes of at least 4 members (excludes halogenated alkanes) is 8. The molecule has 0 saturated heterocycles. The van der Waals surface area contributed by atoms with Gasteiger partial charge in [0, 0.05) is 0 Å². The lowest BCUT2D eigenvalue weighted by Crippen LogP contribution is -2.05. The molecule has 0 heterocycles. The molecule has 0 saturated carbocycles. The molecule has 0 aliphatic carbocycles. The first-order valence-corrected chi connectivity index (χ1v) is 8.73. The largest absolute Gasteiger partial charge is 0.323 e. The zero-order valence-corrected chi connectivity index (χ0v) is 13.4. The fourth-order valence-corrected chi connectivity index (χ4v) is 2.24. The van der Waals surface area contributed by atoms with Crippen LogP contribution in [-0.2, 0) is 14.5 Å². The highest BCUT2D eigenvalue weighted by Gasteiger charge is 2.10. The van der Waals surface area contributed by atoms with Gasteiger partial charge in [-0.25, -0.2) is 0 Å². The molecule has 0 aliphatic rings. The normalized spacial score (nSPS) is 10.9. The molecule has 0 fully saturated rings. The molecule has 0 spiro atoms. The van der Waals surface area contributed by atoms with Gasteiger partial charge >= 0.3 is 0 Å². The van der Waals surface area contributed by atoms with Crippen molar-refractivity contribution in [1.29, 1.82) is 0 Å². The highest BCUT2D eigenvalue weighted by molar-refractivity contribution is 7.86. The van der Waals surface area contributed by atoms with Gasteiger partial charge in [-0.1, -0.05) is 62.7 Å². The average molecular weight is 299 g/mol. The van der Waals surface area contributed by atoms with Gasteiger partial charge < -0.3 is 5.32 Å². The van der Waals surface area contributed by atoms with Crippen LogP contribution in [-0.4, -0.2) is 28.3 Å². The van der Waals surface area contributed by atoms with Crippen LogP contribution >= 0.6 is 0 Å². The van der Waals surface area contributed by atoms with Gasteiger partial charge in [-0.2, -0.15) is 8.42 Å². The summed E-state index contributed by atoms with van der Waals surface area (Å²) in [5.74, 6) is -0.209. The van der Waals surface area contributed by atoms with Gasteiger partial charge in [0.2, 0.25) is 0 Å². The van der Waals surface area contributed by atoms with E-state index in [2.05, 4.69) is 16.6 Å². The fourth-order valence-electron chi connectivity index (χ4n) is 1.62. The topological polar surface area (TPSA) is 55.4 Å². The third-order valence-corrected chi connectivity index (χ3v) is 3.57. The molecular formula is C13H30FNO3S. The van der Waals surface area contributed by atoms with Gasteiger partial charge in [-0.3, -0.25) is 0 Å². The third-order valence-electron chi connectivity index (χ3n) is 2.59. The van der Waals surface area contributed by atoms with Crippen LogP contribution < -0.4 is 5.32 Å². The molecule has 0 aromatic heterocycles. The van der Waals surface area contributed by atoms with Crippen LogP contribution in [0.1, 0.15) is 64.7 Å². The van der Waals surface area contributed by atoms with Crippen molar-refractivity contribution in [2.75, 3.05) is 19.8 Å². The summed E-state index contributed by atoms with van der Waals surface area (Å²) in [6.45, 7) is 2.19. The molecule has 0 radical (unpaired) electrons. The van der Waals surface area contributed by atoms with Gasteiger partial charge in [0.15, 0.2) is 0 Å². The SMILES string of the molecule is CCCCCCCCCCCS(=O)(=O)OF.CNC. The summed E-state index contributed by atoms with van der Waals surface area (Å²) in [6, 6.07) is 0. The van der Waals surface area contributed by atoms with E-state index in [1.807, 2.05) is 14.1 Å². The first-order chi connectivity index (χ1) is 9.04. The van der Waals surface area contributed by atoms with Crippen molar-refractivity contribution in [2.24, 2.45) is 0 Å². The minimum atomic E-state index is -3.89. The number of hydrogen-bond acceptors (Lipinski definition) is 4. The first kappa shape index (κ1) is 21.1. The molecule has 0 bridgehead atoms. The summed E-state index contributed by atoms with van der Waals surface area (Å²) in [4.78, 5) is 0. The summed E-state index contributed by atoms with van der Waals surface area (Å²) in [7, 11) is -0.141. The van der Waals surface area contributed by atoms with E-state index in [0.717, 1.165) is 19.3 Å². The van der Waals surface area contributed by atoms with E-state index in [-0.39, 0.29) is 5.75 Å². The number of rotatable bonds is 11. The van der Waals surface area contributed by atoms with Crippen LogP contribution in [0.3, 0.4) is 0 Å². The zero-order chi connectivity index (χ0) is 15.0. The van der Waals surface area contributed by atoms with Crippen molar-refractivity contribution in [2.45, 2.75) is 64.7 Å². The fraction of sp³-hybridized carbons (Fsp3) is 1.00. The first-order valence-electron chi connectivity index (χ1n) is 7.15. The van der Waals surface area contributed by atoms with Crippen LogP contribution in [0, 0.1) is 0 Å². The molecular weight excluding hydrogens is 269 g/mol. The Hall–Kier alpha value is -0.200. The Morgan fingerprint density at radius 1 is 0.895 bits per heavy atom. The monoisotopic (exact) mass is 299 g/mol. The van der Waals surface area contributed by atoms with E-state index in [1.165, 1.54) is 32.1 Å². The number of halogens is 1. The second-order valence-electron chi connectivity index (χ2n) is 4.65. The van der Waals surface area contributed by atoms with E-state index in [1.54, 1.807) is 0 Å². The van der Waals surface area contributed by atoms with E-state index in [9.17, 15) is 12.9 Å². The molecule has 4 nitrogen and oxygen atoms in total. The van der Waals surface area contributed by atoms with E-state index in [0.29, 0.717) is 6.42 Å². The summed E-state index contributed by atoms with van der Waals surface area (Å²) < 4.78 is 35.5. The molecule has 0 rings (SSSR count). The summed E-state index contributed by atoms with van der Waals surface area (Å²) >= 11 is 0. The van der Waals surface area contributed by atoms with E-state index >= 15 is 0 Å².